The fourth-order valence-corrected chi connectivity index (χ4v) is 1.31. The summed E-state index contributed by atoms with van der Waals surface area (Å²) in [6.45, 7) is 2.72. The van der Waals surface area contributed by atoms with E-state index < -0.39 is 5.97 Å². The molecule has 4 heteroatoms. The average molecular weight is 250 g/mol. The van der Waals surface area contributed by atoms with Crippen LogP contribution in [-0.4, -0.2) is 24.8 Å². The van der Waals surface area contributed by atoms with Crippen LogP contribution < -0.4 is 4.74 Å². The van der Waals surface area contributed by atoms with Crippen LogP contribution in [0.2, 0.25) is 0 Å². The molecule has 0 aliphatic carbocycles. The summed E-state index contributed by atoms with van der Waals surface area (Å²) < 4.78 is 9.92. The summed E-state index contributed by atoms with van der Waals surface area (Å²) in [6.07, 6.45) is 4.79. The number of aromatic hydroxyl groups is 1. The normalized spacial score (nSPS) is 10.6. The third-order valence-corrected chi connectivity index (χ3v) is 2.37. The van der Waals surface area contributed by atoms with Gasteiger partial charge in [0.2, 0.25) is 0 Å². The monoisotopic (exact) mass is 250 g/mol. The molecule has 0 amide bonds. The summed E-state index contributed by atoms with van der Waals surface area (Å²) >= 11 is 0. The molecule has 0 unspecified atom stereocenters. The van der Waals surface area contributed by atoms with Crippen molar-refractivity contribution < 1.29 is 19.4 Å². The number of hydrogen-bond donors (Lipinski definition) is 1. The van der Waals surface area contributed by atoms with Crippen LogP contribution in [0.25, 0.3) is 6.08 Å². The molecule has 1 rings (SSSR count). The Balaban J connectivity index is 2.67. The zero-order valence-corrected chi connectivity index (χ0v) is 10.7. The molecular weight excluding hydrogens is 232 g/mol. The van der Waals surface area contributed by atoms with Crippen LogP contribution in [0, 0.1) is 0 Å². The largest absolute Gasteiger partial charge is 0.507 e. The molecule has 0 fully saturated rings. The lowest BCUT2D eigenvalue weighted by atomic mass is 10.2. The fraction of sp³-hybridized carbons (Fsp3) is 0.357. The minimum Gasteiger partial charge on any atom is -0.507 e. The van der Waals surface area contributed by atoms with Gasteiger partial charge in [-0.25, -0.2) is 4.79 Å². The van der Waals surface area contributed by atoms with Crippen LogP contribution in [0.15, 0.2) is 24.3 Å². The first-order valence-corrected chi connectivity index (χ1v) is 5.89. The van der Waals surface area contributed by atoms with Crippen molar-refractivity contribution in [2.24, 2.45) is 0 Å². The first kappa shape index (κ1) is 14.1. The molecule has 1 aromatic rings. The number of carbonyl (C=O) groups excluding carboxylic acids is 1. The third-order valence-electron chi connectivity index (χ3n) is 2.37. The Bertz CT molecular complexity index is 424. The fourth-order valence-electron chi connectivity index (χ4n) is 1.31. The second-order valence-electron chi connectivity index (χ2n) is 3.78. The number of hydrogen-bond acceptors (Lipinski definition) is 4. The van der Waals surface area contributed by atoms with Gasteiger partial charge in [0.1, 0.15) is 11.5 Å². The third kappa shape index (κ3) is 4.49. The van der Waals surface area contributed by atoms with Crippen LogP contribution in [-0.2, 0) is 9.53 Å². The van der Waals surface area contributed by atoms with Gasteiger partial charge >= 0.3 is 5.97 Å². The minimum atomic E-state index is -0.460. The number of ether oxygens (including phenoxy) is 2. The maximum Gasteiger partial charge on any atom is 0.330 e. The standard InChI is InChI=1S/C14H18O4/c1-3-4-9-18-12-7-5-11(13(15)10-12)6-8-14(16)17-2/h5-8,10,15H,3-4,9H2,1-2H3. The van der Waals surface area contributed by atoms with Gasteiger partial charge < -0.3 is 14.6 Å². The molecule has 18 heavy (non-hydrogen) atoms. The van der Waals surface area contributed by atoms with E-state index >= 15 is 0 Å². The van der Waals surface area contributed by atoms with Crippen molar-refractivity contribution in [2.45, 2.75) is 19.8 Å². The topological polar surface area (TPSA) is 55.8 Å². The van der Waals surface area contributed by atoms with E-state index in [0.717, 1.165) is 12.8 Å². The lowest BCUT2D eigenvalue weighted by Crippen LogP contribution is -1.96. The average Bonchev–Trinajstić information content (AvgIpc) is 2.37. The molecule has 0 radical (unpaired) electrons. The summed E-state index contributed by atoms with van der Waals surface area (Å²) in [6, 6.07) is 4.98. The lowest BCUT2D eigenvalue weighted by Gasteiger charge is -2.06. The van der Waals surface area contributed by atoms with Crippen molar-refractivity contribution in [3.8, 4) is 11.5 Å². The number of esters is 1. The molecule has 0 heterocycles. The van der Waals surface area contributed by atoms with Crippen molar-refractivity contribution in [3.05, 3.63) is 29.8 Å². The highest BCUT2D eigenvalue weighted by atomic mass is 16.5. The van der Waals surface area contributed by atoms with Crippen molar-refractivity contribution >= 4 is 12.0 Å². The molecule has 0 spiro atoms. The van der Waals surface area contributed by atoms with E-state index in [4.69, 9.17) is 4.74 Å². The highest BCUT2D eigenvalue weighted by Gasteiger charge is 2.01. The van der Waals surface area contributed by atoms with Crippen LogP contribution in [0.4, 0.5) is 0 Å². The van der Waals surface area contributed by atoms with Gasteiger partial charge in [-0.3, -0.25) is 0 Å². The number of unbranched alkanes of at least 4 members (excludes halogenated alkanes) is 1. The van der Waals surface area contributed by atoms with Crippen LogP contribution >= 0.6 is 0 Å². The smallest absolute Gasteiger partial charge is 0.330 e. The van der Waals surface area contributed by atoms with E-state index in [0.29, 0.717) is 17.9 Å². The predicted octanol–water partition coefficient (Wildman–Crippen LogP) is 2.76. The summed E-state index contributed by atoms with van der Waals surface area (Å²) in [5.74, 6) is 0.234. The van der Waals surface area contributed by atoms with Gasteiger partial charge in [-0.15, -0.1) is 0 Å². The Labute approximate surface area is 107 Å². The zero-order chi connectivity index (χ0) is 13.4. The Morgan fingerprint density at radius 1 is 1.44 bits per heavy atom. The number of methoxy groups -OCH3 is 1. The summed E-state index contributed by atoms with van der Waals surface area (Å²) in [5.41, 5.74) is 0.545. The van der Waals surface area contributed by atoms with Crippen molar-refractivity contribution in [2.75, 3.05) is 13.7 Å². The molecule has 0 atom stereocenters. The molecule has 4 nitrogen and oxygen atoms in total. The quantitative estimate of drug-likeness (QED) is 0.479. The highest BCUT2D eigenvalue weighted by Crippen LogP contribution is 2.24. The molecule has 0 aromatic heterocycles. The van der Waals surface area contributed by atoms with E-state index in [1.165, 1.54) is 25.3 Å². The molecule has 0 aliphatic heterocycles. The molecule has 1 aromatic carbocycles. The number of phenolic OH excluding ortho intramolecular Hbond substituents is 1. The molecule has 0 bridgehead atoms. The molecule has 0 saturated carbocycles. The van der Waals surface area contributed by atoms with Gasteiger partial charge in [-0.1, -0.05) is 13.3 Å². The van der Waals surface area contributed by atoms with E-state index in [1.807, 2.05) is 0 Å². The van der Waals surface area contributed by atoms with Gasteiger partial charge in [0.15, 0.2) is 0 Å². The molecule has 0 aliphatic rings. The maximum absolute atomic E-state index is 10.9. The zero-order valence-electron chi connectivity index (χ0n) is 10.7. The summed E-state index contributed by atoms with van der Waals surface area (Å²) in [7, 11) is 1.30. The Kier molecular flexibility index (Phi) is 5.77. The first-order chi connectivity index (χ1) is 8.67. The van der Waals surface area contributed by atoms with Crippen LogP contribution in [0.5, 0.6) is 11.5 Å². The maximum atomic E-state index is 10.9. The second-order valence-corrected chi connectivity index (χ2v) is 3.78. The van der Waals surface area contributed by atoms with Crippen LogP contribution in [0.3, 0.4) is 0 Å². The van der Waals surface area contributed by atoms with E-state index in [2.05, 4.69) is 11.7 Å². The molecule has 1 N–H and O–H groups in total. The van der Waals surface area contributed by atoms with Crippen LogP contribution in [0.1, 0.15) is 25.3 Å². The number of phenols is 1. The predicted molar refractivity (Wildman–Crippen MR) is 69.6 cm³/mol. The second kappa shape index (κ2) is 7.37. The molecular formula is C14H18O4. The van der Waals surface area contributed by atoms with Gasteiger partial charge in [0.25, 0.3) is 0 Å². The van der Waals surface area contributed by atoms with Crippen molar-refractivity contribution in [3.63, 3.8) is 0 Å². The van der Waals surface area contributed by atoms with Gasteiger partial charge in [0, 0.05) is 17.7 Å². The number of benzene rings is 1. The molecule has 98 valence electrons. The van der Waals surface area contributed by atoms with Crippen molar-refractivity contribution in [1.29, 1.82) is 0 Å². The number of carbonyl (C=O) groups is 1. The number of rotatable bonds is 6. The highest BCUT2D eigenvalue weighted by molar-refractivity contribution is 5.87. The lowest BCUT2D eigenvalue weighted by molar-refractivity contribution is -0.134. The Morgan fingerprint density at radius 2 is 2.22 bits per heavy atom. The molecule has 0 saturated heterocycles. The Morgan fingerprint density at radius 3 is 2.83 bits per heavy atom. The SMILES string of the molecule is CCCCOc1ccc(C=CC(=O)OC)c(O)c1. The summed E-state index contributed by atoms with van der Waals surface area (Å²) in [4.78, 5) is 10.9. The van der Waals surface area contributed by atoms with Crippen molar-refractivity contribution in [1.82, 2.24) is 0 Å². The minimum absolute atomic E-state index is 0.0733. The summed E-state index contributed by atoms with van der Waals surface area (Å²) in [5, 5.41) is 9.75. The first-order valence-electron chi connectivity index (χ1n) is 5.89. The Hall–Kier alpha value is -1.97. The van der Waals surface area contributed by atoms with E-state index in [1.54, 1.807) is 12.1 Å². The van der Waals surface area contributed by atoms with Gasteiger partial charge in [0.05, 0.1) is 13.7 Å². The van der Waals surface area contributed by atoms with E-state index in [-0.39, 0.29) is 5.75 Å². The van der Waals surface area contributed by atoms with Gasteiger partial charge in [-0.05, 0) is 24.6 Å². The van der Waals surface area contributed by atoms with E-state index in [9.17, 15) is 9.90 Å². The van der Waals surface area contributed by atoms with Gasteiger partial charge in [-0.2, -0.15) is 0 Å².